The number of alkyl halides is 1. The molecule has 3 aromatic carbocycles. The first-order chi connectivity index (χ1) is 19.4. The zero-order valence-electron chi connectivity index (χ0n) is 21.2. The van der Waals surface area contributed by atoms with Gasteiger partial charge in [0.25, 0.3) is 5.91 Å². The monoisotopic (exact) mass is 673 g/mol. The molecule has 0 aromatic heterocycles. The number of rotatable bonds is 7. The van der Waals surface area contributed by atoms with Gasteiger partial charge in [-0.1, -0.05) is 28.7 Å². The van der Waals surface area contributed by atoms with E-state index in [1.165, 1.54) is 30.3 Å². The fourth-order valence-corrected chi connectivity index (χ4v) is 7.04. The summed E-state index contributed by atoms with van der Waals surface area (Å²) in [5.41, 5.74) is -1.83. The number of aromatic carboxylic acids is 1. The number of hydrogen-bond acceptors (Lipinski definition) is 9. The lowest BCUT2D eigenvalue weighted by Gasteiger charge is -2.35. The summed E-state index contributed by atoms with van der Waals surface area (Å²) in [6.45, 7) is 0. The Bertz CT molecular complexity index is 1560. The molecule has 11 nitrogen and oxygen atoms in total. The van der Waals surface area contributed by atoms with E-state index < -0.39 is 73.1 Å². The number of carbonyl (C=O) groups is 4. The molecule has 5 rings (SSSR count). The number of aromatic hydroxyl groups is 4. The number of ether oxygens (including phenoxy) is 1. The smallest absolute Gasteiger partial charge is 0.338 e. The summed E-state index contributed by atoms with van der Waals surface area (Å²) in [7, 11) is 0. The van der Waals surface area contributed by atoms with E-state index in [1.54, 1.807) is 0 Å². The number of hydrogen-bond donors (Lipinski definition) is 6. The third-order valence-corrected chi connectivity index (χ3v) is 9.19. The van der Waals surface area contributed by atoms with Gasteiger partial charge in [0.1, 0.15) is 34.7 Å². The number of phenolic OH excluding ortho intramolecular Hbond substituents is 4. The number of phenols is 4. The van der Waals surface area contributed by atoms with Gasteiger partial charge in [-0.3, -0.25) is 9.59 Å². The third kappa shape index (κ3) is 5.14. The first-order valence-electron chi connectivity index (χ1n) is 12.6. The molecule has 2 bridgehead atoms. The quantitative estimate of drug-likeness (QED) is 0.0933. The molecule has 0 aliphatic heterocycles. The topological polar surface area (TPSA) is 191 Å². The van der Waals surface area contributed by atoms with E-state index in [-0.39, 0.29) is 17.2 Å². The molecule has 2 aliphatic rings. The number of amides is 1. The van der Waals surface area contributed by atoms with Crippen LogP contribution in [0.15, 0.2) is 54.6 Å². The second kappa shape index (κ2) is 10.6. The van der Waals surface area contributed by atoms with Crippen molar-refractivity contribution in [1.29, 1.82) is 0 Å². The number of carbonyl (C=O) groups excluding carboxylic acids is 3. The normalized spacial score (nSPS) is 22.7. The lowest BCUT2D eigenvalue weighted by Crippen LogP contribution is -2.52. The highest BCUT2D eigenvalue weighted by atomic mass is 127. The standard InChI is InChI=1S/C29H24INO10/c30-29-9-8-14(12-29)23(31-26(37)13-4-6-16(32)7-5-13)25(29)41-28(40)15-10-19(34)22(20(35)11-15)24(36)21-17(27(38)39)2-1-3-18(21)33/h1-7,10-11,14,23,25,32-35H,8-9,12H2,(H,31,37)(H,38,39). The van der Waals surface area contributed by atoms with Crippen LogP contribution in [-0.4, -0.2) is 64.7 Å². The SMILES string of the molecule is O=C(NC1C2CCC(I)(C2)C1OC(=O)c1cc(O)c(C(=O)c2c(O)cccc2C(=O)O)c(O)c1)c1ccc(O)cc1. The van der Waals surface area contributed by atoms with Gasteiger partial charge < -0.3 is 35.6 Å². The van der Waals surface area contributed by atoms with Gasteiger partial charge in [0, 0.05) is 5.56 Å². The molecule has 6 N–H and O–H groups in total. The first kappa shape index (κ1) is 28.2. The fourth-order valence-electron chi connectivity index (χ4n) is 5.65. The predicted octanol–water partition coefficient (Wildman–Crippen LogP) is 3.75. The number of carboxylic acids is 1. The summed E-state index contributed by atoms with van der Waals surface area (Å²) in [6.07, 6.45) is 1.53. The molecular weight excluding hydrogens is 649 g/mol. The minimum atomic E-state index is -1.51. The van der Waals surface area contributed by atoms with Crippen molar-refractivity contribution in [3.05, 3.63) is 82.4 Å². The second-order valence-electron chi connectivity index (χ2n) is 10.1. The Labute approximate surface area is 246 Å². The number of halogens is 1. The van der Waals surface area contributed by atoms with Crippen LogP contribution in [0.25, 0.3) is 0 Å². The number of benzene rings is 3. The summed E-state index contributed by atoms with van der Waals surface area (Å²) in [5, 5.41) is 53.2. The number of fused-ring (bicyclic) bond motifs is 2. The molecule has 2 aliphatic carbocycles. The summed E-state index contributed by atoms with van der Waals surface area (Å²) in [6, 6.07) is 10.4. The van der Waals surface area contributed by atoms with E-state index in [1.807, 2.05) is 0 Å². The van der Waals surface area contributed by atoms with E-state index in [2.05, 4.69) is 27.9 Å². The van der Waals surface area contributed by atoms with Crippen LogP contribution in [0.2, 0.25) is 0 Å². The maximum Gasteiger partial charge on any atom is 0.338 e. The number of carboxylic acid groups (broad SMARTS) is 1. The molecule has 3 aromatic rings. The second-order valence-corrected chi connectivity index (χ2v) is 12.3. The Kier molecular flexibility index (Phi) is 7.28. The Balaban J connectivity index is 1.39. The van der Waals surface area contributed by atoms with Gasteiger partial charge in [-0.15, -0.1) is 0 Å². The highest BCUT2D eigenvalue weighted by Gasteiger charge is 2.59. The molecule has 2 saturated carbocycles. The Morgan fingerprint density at radius 1 is 0.878 bits per heavy atom. The molecule has 0 saturated heterocycles. The summed E-state index contributed by atoms with van der Waals surface area (Å²) >= 11 is 2.24. The Morgan fingerprint density at radius 3 is 2.17 bits per heavy atom. The highest BCUT2D eigenvalue weighted by molar-refractivity contribution is 14.1. The van der Waals surface area contributed by atoms with Crippen molar-refractivity contribution in [3.8, 4) is 23.0 Å². The van der Waals surface area contributed by atoms with Crippen LogP contribution >= 0.6 is 22.6 Å². The lowest BCUT2D eigenvalue weighted by molar-refractivity contribution is 0.0120. The number of esters is 1. The van der Waals surface area contributed by atoms with Crippen molar-refractivity contribution in [2.75, 3.05) is 0 Å². The van der Waals surface area contributed by atoms with Gasteiger partial charge in [0.05, 0.1) is 26.2 Å². The Morgan fingerprint density at radius 2 is 1.54 bits per heavy atom. The van der Waals surface area contributed by atoms with E-state index >= 15 is 0 Å². The molecule has 12 heteroatoms. The molecular formula is C29H24INO10. The van der Waals surface area contributed by atoms with E-state index in [4.69, 9.17) is 4.74 Å². The first-order valence-corrected chi connectivity index (χ1v) is 13.6. The van der Waals surface area contributed by atoms with E-state index in [0.717, 1.165) is 37.1 Å². The van der Waals surface area contributed by atoms with Gasteiger partial charge in [-0.25, -0.2) is 9.59 Å². The molecule has 0 radical (unpaired) electrons. The van der Waals surface area contributed by atoms with E-state index in [9.17, 15) is 44.7 Å². The van der Waals surface area contributed by atoms with Crippen molar-refractivity contribution >= 4 is 46.2 Å². The van der Waals surface area contributed by atoms with Crippen LogP contribution < -0.4 is 5.32 Å². The number of nitrogens with one attached hydrogen (secondary N) is 1. The van der Waals surface area contributed by atoms with Crippen molar-refractivity contribution < 1.29 is 49.4 Å². The lowest BCUT2D eigenvalue weighted by atomic mass is 9.91. The van der Waals surface area contributed by atoms with Gasteiger partial charge in [-0.2, -0.15) is 0 Å². The average molecular weight is 673 g/mol. The van der Waals surface area contributed by atoms with Crippen molar-refractivity contribution in [2.24, 2.45) is 5.92 Å². The molecule has 4 atom stereocenters. The average Bonchev–Trinajstić information content (AvgIpc) is 3.42. The molecule has 0 heterocycles. The van der Waals surface area contributed by atoms with Crippen molar-refractivity contribution in [3.63, 3.8) is 0 Å². The Hall–Kier alpha value is -4.33. The summed E-state index contributed by atoms with van der Waals surface area (Å²) in [5.74, 6) is -6.22. The maximum atomic E-state index is 13.2. The van der Waals surface area contributed by atoms with Crippen LogP contribution in [0.4, 0.5) is 0 Å². The largest absolute Gasteiger partial charge is 0.508 e. The molecule has 41 heavy (non-hydrogen) atoms. The zero-order valence-corrected chi connectivity index (χ0v) is 23.4. The number of ketones is 1. The van der Waals surface area contributed by atoms with Crippen LogP contribution in [0, 0.1) is 5.92 Å². The molecule has 0 spiro atoms. The van der Waals surface area contributed by atoms with Crippen LogP contribution in [0.5, 0.6) is 23.0 Å². The zero-order chi connectivity index (χ0) is 29.6. The van der Waals surface area contributed by atoms with Gasteiger partial charge in [0.15, 0.2) is 0 Å². The maximum absolute atomic E-state index is 13.2. The third-order valence-electron chi connectivity index (χ3n) is 7.60. The molecule has 4 unspecified atom stereocenters. The molecule has 2 fully saturated rings. The van der Waals surface area contributed by atoms with Gasteiger partial charge in [-0.05, 0) is 73.7 Å². The van der Waals surface area contributed by atoms with Gasteiger partial charge in [0.2, 0.25) is 5.78 Å². The fraction of sp³-hybridized carbons (Fsp3) is 0.241. The summed E-state index contributed by atoms with van der Waals surface area (Å²) in [4.78, 5) is 50.8. The molecule has 212 valence electrons. The van der Waals surface area contributed by atoms with Crippen LogP contribution in [-0.2, 0) is 4.74 Å². The minimum absolute atomic E-state index is 0.0154. The summed E-state index contributed by atoms with van der Waals surface area (Å²) < 4.78 is 5.39. The predicted molar refractivity (Wildman–Crippen MR) is 151 cm³/mol. The van der Waals surface area contributed by atoms with Crippen LogP contribution in [0.3, 0.4) is 0 Å². The molecule has 1 amide bonds. The minimum Gasteiger partial charge on any atom is -0.508 e. The van der Waals surface area contributed by atoms with Crippen molar-refractivity contribution in [1.82, 2.24) is 5.32 Å². The van der Waals surface area contributed by atoms with Gasteiger partial charge >= 0.3 is 11.9 Å². The highest BCUT2D eigenvalue weighted by Crippen LogP contribution is 2.55. The van der Waals surface area contributed by atoms with Crippen LogP contribution in [0.1, 0.15) is 66.3 Å². The van der Waals surface area contributed by atoms with Crippen molar-refractivity contribution in [2.45, 2.75) is 34.8 Å². The van der Waals surface area contributed by atoms with E-state index in [0.29, 0.717) is 12.0 Å².